The molecule has 9 nitrogen and oxygen atoms in total. The largest absolute Gasteiger partial charge is 0.508 e. The van der Waals surface area contributed by atoms with Crippen LogP contribution < -0.4 is 5.32 Å². The van der Waals surface area contributed by atoms with Crippen LogP contribution in [0.25, 0.3) is 0 Å². The van der Waals surface area contributed by atoms with Crippen molar-refractivity contribution in [1.29, 1.82) is 0 Å². The fraction of sp³-hybridized carbons (Fsp3) is 0.675. The first-order valence-corrected chi connectivity index (χ1v) is 19.3. The second kappa shape index (κ2) is 16.3. The van der Waals surface area contributed by atoms with E-state index in [-0.39, 0.29) is 30.3 Å². The normalized spacial score (nSPS) is 29.0. The molecule has 6 rings (SSSR count). The highest BCUT2D eigenvalue weighted by Crippen LogP contribution is 2.61. The lowest BCUT2D eigenvalue weighted by Crippen LogP contribution is -2.62. The van der Waals surface area contributed by atoms with Gasteiger partial charge < -0.3 is 25.5 Å². The monoisotopic (exact) mass is 756 g/mol. The van der Waals surface area contributed by atoms with Gasteiger partial charge in [0.15, 0.2) is 0 Å². The number of amides is 1. The van der Waals surface area contributed by atoms with E-state index in [0.29, 0.717) is 48.7 Å². The maximum Gasteiger partial charge on any atom is 0.240 e. The number of carbonyl (C=O) groups is 1. The number of halogens is 1. The molecule has 4 N–H and O–H groups in total. The SMILES string of the molecule is CC(C)C[C@@H](CN(C)C)N(Cc1cccc(CN2O[C@@H](CO)[C@@H]([C@H](C)O)[C@H]2C(=O)N[C@H]2C[C@H]3C[C@H]([C@H]2C)C3(C)C)c1)Cc1cc(Br)ccc1O. The molecule has 4 fully saturated rings. The summed E-state index contributed by atoms with van der Waals surface area (Å²) >= 11 is 3.58. The molecule has 1 aliphatic heterocycles. The van der Waals surface area contributed by atoms with Crippen molar-refractivity contribution >= 4 is 21.8 Å². The van der Waals surface area contributed by atoms with Gasteiger partial charge in [0.2, 0.25) is 5.91 Å². The molecule has 50 heavy (non-hydrogen) atoms. The molecule has 0 aromatic heterocycles. The summed E-state index contributed by atoms with van der Waals surface area (Å²) in [6, 6.07) is 13.6. The van der Waals surface area contributed by atoms with E-state index < -0.39 is 24.2 Å². The van der Waals surface area contributed by atoms with E-state index in [2.05, 4.69) is 91.9 Å². The molecule has 1 heterocycles. The van der Waals surface area contributed by atoms with Gasteiger partial charge in [-0.25, -0.2) is 0 Å². The number of aliphatic hydroxyl groups is 2. The average molecular weight is 758 g/mol. The third-order valence-corrected chi connectivity index (χ3v) is 12.5. The zero-order valence-electron chi connectivity index (χ0n) is 31.3. The van der Waals surface area contributed by atoms with Gasteiger partial charge in [-0.05, 0) is 98.7 Å². The number of rotatable bonds is 15. The van der Waals surface area contributed by atoms with Crippen molar-refractivity contribution in [3.05, 3.63) is 63.6 Å². The highest BCUT2D eigenvalue weighted by Gasteiger charge is 2.57. The number of fused-ring (bicyclic) bond motifs is 2. The number of phenolic OH excluding ortho intramolecular Hbond substituents is 1. The topological polar surface area (TPSA) is 109 Å². The van der Waals surface area contributed by atoms with E-state index in [1.54, 1.807) is 18.1 Å². The van der Waals surface area contributed by atoms with E-state index in [4.69, 9.17) is 4.84 Å². The number of hydrogen-bond acceptors (Lipinski definition) is 8. The molecule has 0 unspecified atom stereocenters. The van der Waals surface area contributed by atoms with Crippen LogP contribution in [0.2, 0.25) is 0 Å². The van der Waals surface area contributed by atoms with Gasteiger partial charge in [-0.1, -0.05) is 74.8 Å². The second-order valence-corrected chi connectivity index (χ2v) is 17.7. The highest BCUT2D eigenvalue weighted by atomic mass is 79.9. The number of carbonyl (C=O) groups excluding carboxylic acids is 1. The molecule has 3 aliphatic carbocycles. The number of benzene rings is 2. The predicted molar refractivity (Wildman–Crippen MR) is 201 cm³/mol. The van der Waals surface area contributed by atoms with E-state index in [1.807, 2.05) is 24.3 Å². The number of nitrogens with one attached hydrogen (secondary N) is 1. The third kappa shape index (κ3) is 8.76. The molecule has 2 bridgehead atoms. The first-order valence-electron chi connectivity index (χ1n) is 18.6. The number of aliphatic hydroxyl groups excluding tert-OH is 2. The lowest BCUT2D eigenvalue weighted by Gasteiger charge is -2.62. The summed E-state index contributed by atoms with van der Waals surface area (Å²) < 4.78 is 0.930. The van der Waals surface area contributed by atoms with Crippen LogP contribution in [-0.2, 0) is 29.3 Å². The molecule has 2 aromatic carbocycles. The Kier molecular flexibility index (Phi) is 12.8. The number of likely N-dealkylation sites (N-methyl/N-ethyl adjacent to an activating group) is 1. The maximum absolute atomic E-state index is 14.1. The molecular weight excluding hydrogens is 696 g/mol. The second-order valence-electron chi connectivity index (χ2n) is 16.8. The van der Waals surface area contributed by atoms with Crippen molar-refractivity contribution < 1.29 is 25.0 Å². The van der Waals surface area contributed by atoms with Crippen LogP contribution in [0.15, 0.2) is 46.9 Å². The molecular formula is C40H61BrN4O5. The van der Waals surface area contributed by atoms with Crippen molar-refractivity contribution in [2.75, 3.05) is 27.2 Å². The van der Waals surface area contributed by atoms with Crippen LogP contribution in [0.5, 0.6) is 5.75 Å². The lowest BCUT2D eigenvalue weighted by molar-refractivity contribution is -0.183. The van der Waals surface area contributed by atoms with Crippen LogP contribution in [0.1, 0.15) is 77.5 Å². The zero-order valence-corrected chi connectivity index (χ0v) is 32.9. The summed E-state index contributed by atoms with van der Waals surface area (Å²) in [7, 11) is 4.20. The minimum Gasteiger partial charge on any atom is -0.508 e. The Morgan fingerprint density at radius 1 is 1.10 bits per heavy atom. The van der Waals surface area contributed by atoms with Crippen molar-refractivity contribution in [2.24, 2.45) is 35.0 Å². The molecule has 10 heteroatoms. The smallest absolute Gasteiger partial charge is 0.240 e. The molecule has 0 spiro atoms. The Hall–Kier alpha value is -2.05. The van der Waals surface area contributed by atoms with Crippen LogP contribution in [0.3, 0.4) is 0 Å². The quantitative estimate of drug-likeness (QED) is 0.181. The summed E-state index contributed by atoms with van der Waals surface area (Å²) in [6.45, 7) is 15.3. The molecule has 2 aromatic rings. The molecule has 0 radical (unpaired) electrons. The van der Waals surface area contributed by atoms with E-state index in [0.717, 1.165) is 40.5 Å². The number of hydrogen-bond donors (Lipinski definition) is 4. The van der Waals surface area contributed by atoms with Crippen molar-refractivity contribution in [3.8, 4) is 5.75 Å². The standard InChI is InChI=1S/C40H61BrN4O5/c1-24(2)14-32(22-43(7)8)44(21-29-16-31(41)12-13-35(29)48)19-27-10-9-11-28(15-27)20-45-38(37(26(4)47)36(23-46)50-45)39(49)42-34-18-30-17-33(25(34)3)40(30,5)6/h9-13,15-16,24-26,30,32-34,36-38,46-48H,14,17-23H2,1-8H3,(H,42,49)/t25-,26+,30-,32+,33-,34+,36+,37-,38+/m1/s1. The highest BCUT2D eigenvalue weighted by molar-refractivity contribution is 9.10. The van der Waals surface area contributed by atoms with Crippen molar-refractivity contribution in [2.45, 2.75) is 111 Å². The lowest BCUT2D eigenvalue weighted by atomic mass is 9.45. The summed E-state index contributed by atoms with van der Waals surface area (Å²) in [5, 5.41) is 37.0. The van der Waals surface area contributed by atoms with Crippen LogP contribution >= 0.6 is 15.9 Å². The molecule has 278 valence electrons. The van der Waals surface area contributed by atoms with E-state index in [1.165, 1.54) is 6.42 Å². The Morgan fingerprint density at radius 2 is 1.82 bits per heavy atom. The molecule has 1 saturated heterocycles. The molecule has 4 aliphatic rings. The van der Waals surface area contributed by atoms with Crippen molar-refractivity contribution in [1.82, 2.24) is 20.2 Å². The zero-order chi connectivity index (χ0) is 36.5. The Bertz CT molecular complexity index is 1440. The van der Waals surface area contributed by atoms with Crippen LogP contribution in [0.4, 0.5) is 0 Å². The van der Waals surface area contributed by atoms with Gasteiger partial charge in [-0.2, -0.15) is 5.06 Å². The summed E-state index contributed by atoms with van der Waals surface area (Å²) in [6.07, 6.45) is 1.68. The molecule has 3 saturated carbocycles. The van der Waals surface area contributed by atoms with Gasteiger partial charge >= 0.3 is 0 Å². The van der Waals surface area contributed by atoms with Crippen molar-refractivity contribution in [3.63, 3.8) is 0 Å². The maximum atomic E-state index is 14.1. The fourth-order valence-corrected chi connectivity index (χ4v) is 9.65. The van der Waals surface area contributed by atoms with Gasteiger partial charge in [0.1, 0.15) is 17.9 Å². The van der Waals surface area contributed by atoms with Crippen LogP contribution in [0, 0.1) is 35.0 Å². The van der Waals surface area contributed by atoms with Gasteiger partial charge in [0.25, 0.3) is 0 Å². The first-order chi connectivity index (χ1) is 23.6. The molecule has 9 atom stereocenters. The van der Waals surface area contributed by atoms with Crippen LogP contribution in [-0.4, -0.2) is 93.7 Å². The Morgan fingerprint density at radius 3 is 2.44 bits per heavy atom. The Labute approximate surface area is 308 Å². The molecule has 1 amide bonds. The Balaban J connectivity index is 1.37. The number of nitrogens with zero attached hydrogens (tertiary/aromatic N) is 3. The summed E-state index contributed by atoms with van der Waals surface area (Å²) in [5.74, 6) is 1.64. The summed E-state index contributed by atoms with van der Waals surface area (Å²) in [4.78, 5) is 25.1. The number of phenols is 1. The fourth-order valence-electron chi connectivity index (χ4n) is 9.24. The van der Waals surface area contributed by atoms with Gasteiger partial charge in [-0.3, -0.25) is 14.5 Å². The van der Waals surface area contributed by atoms with E-state index in [9.17, 15) is 20.1 Å². The third-order valence-electron chi connectivity index (χ3n) is 12.0. The summed E-state index contributed by atoms with van der Waals surface area (Å²) in [5.41, 5.74) is 3.28. The minimum atomic E-state index is -0.840. The van der Waals surface area contributed by atoms with Gasteiger partial charge in [0.05, 0.1) is 19.3 Å². The number of aromatic hydroxyl groups is 1. The van der Waals surface area contributed by atoms with Gasteiger partial charge in [0, 0.05) is 47.7 Å². The van der Waals surface area contributed by atoms with Gasteiger partial charge in [-0.15, -0.1) is 0 Å². The van der Waals surface area contributed by atoms with E-state index >= 15 is 0 Å². The number of hydroxylamine groups is 2. The first kappa shape index (κ1) is 39.2. The predicted octanol–water partition coefficient (Wildman–Crippen LogP) is 5.79. The average Bonchev–Trinajstić information content (AvgIpc) is 3.41. The minimum absolute atomic E-state index is 0.0869.